The smallest absolute Gasteiger partial charge is 0.119 e. The van der Waals surface area contributed by atoms with Crippen molar-refractivity contribution in [2.24, 2.45) is 0 Å². The van der Waals surface area contributed by atoms with Crippen molar-refractivity contribution >= 4 is 5.57 Å². The van der Waals surface area contributed by atoms with Gasteiger partial charge in [0.05, 0.1) is 6.61 Å². The van der Waals surface area contributed by atoms with Crippen molar-refractivity contribution in [3.8, 4) is 5.75 Å². The standard InChI is InChI=1S/C15H18O.C2H6/c1-4-7-13(6-3)14-8-10-15(11-9-14)16-12-5-2;1-2/h4,6-11H,1,3,5,12H2,2H3;1-2H3/b13-7+;. The third-order valence-corrected chi connectivity index (χ3v) is 2.18. The molecular weight excluding hydrogens is 220 g/mol. The zero-order valence-corrected chi connectivity index (χ0v) is 11.8. The molecule has 0 saturated heterocycles. The zero-order chi connectivity index (χ0) is 13.8. The highest BCUT2D eigenvalue weighted by molar-refractivity contribution is 5.74. The lowest BCUT2D eigenvalue weighted by molar-refractivity contribution is 0.317. The van der Waals surface area contributed by atoms with Crippen LogP contribution >= 0.6 is 0 Å². The maximum atomic E-state index is 5.52. The molecule has 0 aliphatic rings. The molecule has 0 aromatic heterocycles. The molecule has 0 heterocycles. The normalized spacial score (nSPS) is 10.1. The van der Waals surface area contributed by atoms with Gasteiger partial charge < -0.3 is 4.74 Å². The maximum absolute atomic E-state index is 5.52. The first-order valence-electron chi connectivity index (χ1n) is 6.50. The number of benzene rings is 1. The summed E-state index contributed by atoms with van der Waals surface area (Å²) >= 11 is 0. The molecule has 0 spiro atoms. The van der Waals surface area contributed by atoms with Gasteiger partial charge in [0.25, 0.3) is 0 Å². The van der Waals surface area contributed by atoms with Gasteiger partial charge in [0, 0.05) is 0 Å². The van der Waals surface area contributed by atoms with Crippen molar-refractivity contribution in [3.05, 3.63) is 61.2 Å². The molecule has 98 valence electrons. The van der Waals surface area contributed by atoms with Crippen molar-refractivity contribution in [2.75, 3.05) is 6.61 Å². The van der Waals surface area contributed by atoms with E-state index in [0.717, 1.165) is 29.9 Å². The molecule has 0 saturated carbocycles. The number of ether oxygens (including phenoxy) is 1. The summed E-state index contributed by atoms with van der Waals surface area (Å²) in [5.41, 5.74) is 2.19. The molecule has 0 N–H and O–H groups in total. The summed E-state index contributed by atoms with van der Waals surface area (Å²) in [5, 5.41) is 0. The van der Waals surface area contributed by atoms with Gasteiger partial charge in [-0.15, -0.1) is 0 Å². The SMILES string of the molecule is C=C/C=C(\C=C)c1ccc(OCCC)cc1.CC. The fourth-order valence-corrected chi connectivity index (χ4v) is 1.37. The molecule has 18 heavy (non-hydrogen) atoms. The van der Waals surface area contributed by atoms with Crippen LogP contribution in [0, 0.1) is 0 Å². The van der Waals surface area contributed by atoms with Crippen LogP contribution < -0.4 is 4.74 Å². The first-order valence-corrected chi connectivity index (χ1v) is 6.50. The first-order chi connectivity index (χ1) is 8.81. The van der Waals surface area contributed by atoms with Crippen LogP contribution in [0.5, 0.6) is 5.75 Å². The second kappa shape index (κ2) is 10.4. The van der Waals surface area contributed by atoms with Gasteiger partial charge >= 0.3 is 0 Å². The van der Waals surface area contributed by atoms with E-state index in [9.17, 15) is 0 Å². The zero-order valence-electron chi connectivity index (χ0n) is 11.8. The predicted octanol–water partition coefficient (Wildman–Crippen LogP) is 5.26. The van der Waals surface area contributed by atoms with Crippen molar-refractivity contribution in [1.82, 2.24) is 0 Å². The van der Waals surface area contributed by atoms with E-state index in [4.69, 9.17) is 4.74 Å². The minimum absolute atomic E-state index is 0.760. The van der Waals surface area contributed by atoms with E-state index in [1.165, 1.54) is 0 Å². The summed E-state index contributed by atoms with van der Waals surface area (Å²) in [6.45, 7) is 14.3. The molecular formula is C17H24O. The van der Waals surface area contributed by atoms with Gasteiger partial charge in [-0.05, 0) is 29.7 Å². The highest BCUT2D eigenvalue weighted by Gasteiger charge is 1.97. The van der Waals surface area contributed by atoms with Crippen LogP contribution in [0.1, 0.15) is 32.8 Å². The van der Waals surface area contributed by atoms with Crippen molar-refractivity contribution in [3.63, 3.8) is 0 Å². The Balaban J connectivity index is 0.00000137. The van der Waals surface area contributed by atoms with Gasteiger partial charge in [0.15, 0.2) is 0 Å². The van der Waals surface area contributed by atoms with Crippen LogP contribution in [0.15, 0.2) is 55.7 Å². The summed E-state index contributed by atoms with van der Waals surface area (Å²) < 4.78 is 5.52. The average Bonchev–Trinajstić information content (AvgIpc) is 2.45. The number of allylic oxidation sites excluding steroid dienone is 4. The Morgan fingerprint density at radius 3 is 2.22 bits per heavy atom. The highest BCUT2D eigenvalue weighted by Crippen LogP contribution is 2.19. The topological polar surface area (TPSA) is 9.23 Å². The van der Waals surface area contributed by atoms with Crippen LogP contribution in [-0.4, -0.2) is 6.61 Å². The van der Waals surface area contributed by atoms with Crippen LogP contribution in [0.3, 0.4) is 0 Å². The number of rotatable bonds is 6. The van der Waals surface area contributed by atoms with E-state index in [1.54, 1.807) is 6.08 Å². The molecule has 1 rings (SSSR count). The Bertz CT molecular complexity index is 371. The van der Waals surface area contributed by atoms with E-state index >= 15 is 0 Å². The molecule has 0 bridgehead atoms. The molecule has 0 atom stereocenters. The third kappa shape index (κ3) is 5.53. The second-order valence-corrected chi connectivity index (χ2v) is 3.43. The van der Waals surface area contributed by atoms with Gasteiger partial charge in [-0.1, -0.05) is 64.3 Å². The van der Waals surface area contributed by atoms with Crippen LogP contribution in [0.2, 0.25) is 0 Å². The van der Waals surface area contributed by atoms with E-state index in [-0.39, 0.29) is 0 Å². The number of hydrogen-bond donors (Lipinski definition) is 0. The van der Waals surface area contributed by atoms with Gasteiger partial charge in [0.2, 0.25) is 0 Å². The van der Waals surface area contributed by atoms with Crippen molar-refractivity contribution < 1.29 is 4.74 Å². The molecule has 0 radical (unpaired) electrons. The quantitative estimate of drug-likeness (QED) is 0.620. The van der Waals surface area contributed by atoms with Gasteiger partial charge in [-0.2, -0.15) is 0 Å². The molecule has 0 fully saturated rings. The average molecular weight is 244 g/mol. The second-order valence-electron chi connectivity index (χ2n) is 3.43. The van der Waals surface area contributed by atoms with Crippen LogP contribution in [-0.2, 0) is 0 Å². The monoisotopic (exact) mass is 244 g/mol. The third-order valence-electron chi connectivity index (χ3n) is 2.18. The minimum Gasteiger partial charge on any atom is -0.494 e. The molecule has 0 amide bonds. The molecule has 1 aromatic rings. The summed E-state index contributed by atoms with van der Waals surface area (Å²) in [5.74, 6) is 0.910. The summed E-state index contributed by atoms with van der Waals surface area (Å²) in [7, 11) is 0. The lowest BCUT2D eigenvalue weighted by atomic mass is 10.1. The summed E-state index contributed by atoms with van der Waals surface area (Å²) in [6.07, 6.45) is 6.55. The van der Waals surface area contributed by atoms with Crippen LogP contribution in [0.4, 0.5) is 0 Å². The largest absolute Gasteiger partial charge is 0.494 e. The lowest BCUT2D eigenvalue weighted by Gasteiger charge is -2.06. The molecule has 1 heteroatoms. The highest BCUT2D eigenvalue weighted by atomic mass is 16.5. The fourth-order valence-electron chi connectivity index (χ4n) is 1.37. The Kier molecular flexibility index (Phi) is 9.38. The van der Waals surface area contributed by atoms with Crippen molar-refractivity contribution in [1.29, 1.82) is 0 Å². The Hall–Kier alpha value is -1.76. The minimum atomic E-state index is 0.760. The lowest BCUT2D eigenvalue weighted by Crippen LogP contribution is -1.94. The molecule has 1 aromatic carbocycles. The van der Waals surface area contributed by atoms with E-state index in [0.29, 0.717) is 0 Å². The molecule has 0 unspecified atom stereocenters. The van der Waals surface area contributed by atoms with Crippen LogP contribution in [0.25, 0.3) is 5.57 Å². The molecule has 1 nitrogen and oxygen atoms in total. The Morgan fingerprint density at radius 2 is 1.78 bits per heavy atom. The number of hydrogen-bond acceptors (Lipinski definition) is 1. The summed E-state index contributed by atoms with van der Waals surface area (Å²) in [6, 6.07) is 8.01. The van der Waals surface area contributed by atoms with E-state index in [2.05, 4.69) is 20.1 Å². The van der Waals surface area contributed by atoms with E-state index < -0.39 is 0 Å². The first kappa shape index (κ1) is 16.2. The fraction of sp³-hybridized carbons (Fsp3) is 0.294. The molecule has 0 aliphatic heterocycles. The maximum Gasteiger partial charge on any atom is 0.119 e. The van der Waals surface area contributed by atoms with E-state index in [1.807, 2.05) is 50.3 Å². The van der Waals surface area contributed by atoms with Gasteiger partial charge in [-0.25, -0.2) is 0 Å². The molecule has 0 aliphatic carbocycles. The van der Waals surface area contributed by atoms with Gasteiger partial charge in [0.1, 0.15) is 5.75 Å². The Labute approximate surface area is 111 Å². The van der Waals surface area contributed by atoms with Gasteiger partial charge in [-0.3, -0.25) is 0 Å². The Morgan fingerprint density at radius 1 is 1.17 bits per heavy atom. The summed E-state index contributed by atoms with van der Waals surface area (Å²) in [4.78, 5) is 0. The predicted molar refractivity (Wildman–Crippen MR) is 81.9 cm³/mol. The van der Waals surface area contributed by atoms with Crippen molar-refractivity contribution in [2.45, 2.75) is 27.2 Å².